The van der Waals surface area contributed by atoms with E-state index in [4.69, 9.17) is 11.6 Å². The molecule has 0 bridgehead atoms. The Kier molecular flexibility index (Phi) is 7.28. The van der Waals surface area contributed by atoms with Crippen molar-refractivity contribution in [2.24, 2.45) is 0 Å². The highest BCUT2D eigenvalue weighted by molar-refractivity contribution is 6.30. The molecule has 0 aliphatic heterocycles. The quantitative estimate of drug-likeness (QED) is 0.257. The monoisotopic (exact) mass is 444 g/mol. The molecule has 0 N–H and O–H groups in total. The van der Waals surface area contributed by atoms with E-state index in [0.717, 1.165) is 65.6 Å². The van der Waals surface area contributed by atoms with E-state index in [9.17, 15) is 0 Å². The summed E-state index contributed by atoms with van der Waals surface area (Å²) in [4.78, 5) is 8.94. The maximum atomic E-state index is 15.1. The lowest BCUT2D eigenvalue weighted by Crippen LogP contribution is -2.00. The van der Waals surface area contributed by atoms with Crippen molar-refractivity contribution in [3.8, 4) is 0 Å². The number of halogens is 2. The zero-order chi connectivity index (χ0) is 22.3. The van der Waals surface area contributed by atoms with Gasteiger partial charge in [0.2, 0.25) is 0 Å². The second kappa shape index (κ2) is 10.5. The van der Waals surface area contributed by atoms with Crippen LogP contribution in [0.25, 0.3) is 10.8 Å². The third-order valence-electron chi connectivity index (χ3n) is 5.73. The van der Waals surface area contributed by atoms with Gasteiger partial charge in [0, 0.05) is 29.2 Å². The summed E-state index contributed by atoms with van der Waals surface area (Å²) in [5.74, 6) is 0.706. The Morgan fingerprint density at radius 2 is 1.50 bits per heavy atom. The molecule has 0 aliphatic rings. The number of nitrogens with zero attached hydrogens (tertiary/aromatic N) is 2. The minimum absolute atomic E-state index is 0.124. The number of rotatable bonds is 9. The van der Waals surface area contributed by atoms with Crippen molar-refractivity contribution in [3.63, 3.8) is 0 Å². The normalized spacial score (nSPS) is 11.1. The zero-order valence-corrected chi connectivity index (χ0v) is 18.8. The van der Waals surface area contributed by atoms with Crippen molar-refractivity contribution in [1.82, 2.24) is 9.97 Å². The van der Waals surface area contributed by atoms with E-state index < -0.39 is 0 Å². The molecule has 0 fully saturated rings. The molecule has 0 spiro atoms. The molecular formula is C28H26ClFN2. The summed E-state index contributed by atoms with van der Waals surface area (Å²) >= 11 is 5.94. The van der Waals surface area contributed by atoms with E-state index in [1.165, 1.54) is 0 Å². The zero-order valence-electron chi connectivity index (χ0n) is 18.0. The number of aromatic nitrogens is 2. The molecule has 162 valence electrons. The molecule has 0 atom stereocenters. The predicted octanol–water partition coefficient (Wildman–Crippen LogP) is 7.11. The summed E-state index contributed by atoms with van der Waals surface area (Å²) in [6.07, 6.45) is 10.6. The Labute approximate surface area is 193 Å². The number of allylic oxidation sites excluding steroid dienone is 1. The molecule has 1 aromatic heterocycles. The summed E-state index contributed by atoms with van der Waals surface area (Å²) in [6, 6.07) is 17.6. The SMILES string of the molecule is C=CCCc1cnc(CCc2ccc3c(F)c(CCc4ccc(Cl)cc4)ccc3c2)nc1. The van der Waals surface area contributed by atoms with Gasteiger partial charge in [-0.2, -0.15) is 0 Å². The van der Waals surface area contributed by atoms with Crippen molar-refractivity contribution in [2.75, 3.05) is 0 Å². The first kappa shape index (κ1) is 22.2. The highest BCUT2D eigenvalue weighted by atomic mass is 35.5. The van der Waals surface area contributed by atoms with E-state index in [1.54, 1.807) is 0 Å². The Bertz CT molecular complexity index is 1200. The summed E-state index contributed by atoms with van der Waals surface area (Å²) in [7, 11) is 0. The average molecular weight is 445 g/mol. The van der Waals surface area contributed by atoms with Gasteiger partial charge in [-0.3, -0.25) is 0 Å². The molecule has 2 nitrogen and oxygen atoms in total. The predicted molar refractivity (Wildman–Crippen MR) is 131 cm³/mol. The molecule has 4 heteroatoms. The molecule has 0 saturated carbocycles. The number of hydrogen-bond acceptors (Lipinski definition) is 2. The van der Waals surface area contributed by atoms with Gasteiger partial charge in [0.15, 0.2) is 0 Å². The van der Waals surface area contributed by atoms with Gasteiger partial charge in [0.05, 0.1) is 0 Å². The number of fused-ring (bicyclic) bond motifs is 1. The third-order valence-corrected chi connectivity index (χ3v) is 5.98. The fourth-order valence-corrected chi connectivity index (χ4v) is 3.96. The van der Waals surface area contributed by atoms with E-state index in [0.29, 0.717) is 16.8 Å². The maximum absolute atomic E-state index is 15.1. The van der Waals surface area contributed by atoms with E-state index in [-0.39, 0.29) is 5.82 Å². The molecule has 1 heterocycles. The Morgan fingerprint density at radius 3 is 2.25 bits per heavy atom. The van der Waals surface area contributed by atoms with Crippen molar-refractivity contribution >= 4 is 22.4 Å². The molecule has 32 heavy (non-hydrogen) atoms. The Morgan fingerprint density at radius 1 is 0.781 bits per heavy atom. The van der Waals surface area contributed by atoms with Crippen LogP contribution in [-0.4, -0.2) is 9.97 Å². The van der Waals surface area contributed by atoms with Gasteiger partial charge in [-0.05, 0) is 71.9 Å². The molecule has 0 radical (unpaired) electrons. The van der Waals surface area contributed by atoms with Crippen molar-refractivity contribution in [2.45, 2.75) is 38.5 Å². The lowest BCUT2D eigenvalue weighted by atomic mass is 9.98. The van der Waals surface area contributed by atoms with Crippen LogP contribution in [-0.2, 0) is 32.1 Å². The van der Waals surface area contributed by atoms with Crippen LogP contribution < -0.4 is 0 Å². The summed E-state index contributed by atoms with van der Waals surface area (Å²) in [5, 5.41) is 2.31. The van der Waals surface area contributed by atoms with Crippen molar-refractivity contribution in [1.29, 1.82) is 0 Å². The second-order valence-electron chi connectivity index (χ2n) is 8.06. The topological polar surface area (TPSA) is 25.8 Å². The van der Waals surface area contributed by atoms with Gasteiger partial charge in [-0.25, -0.2) is 14.4 Å². The molecule has 0 unspecified atom stereocenters. The maximum Gasteiger partial charge on any atom is 0.134 e. The summed E-state index contributed by atoms with van der Waals surface area (Å²) in [6.45, 7) is 3.74. The van der Waals surface area contributed by atoms with E-state index in [2.05, 4.69) is 22.6 Å². The van der Waals surface area contributed by atoms with Crippen LogP contribution in [0.3, 0.4) is 0 Å². The van der Waals surface area contributed by atoms with Crippen LogP contribution in [0.5, 0.6) is 0 Å². The second-order valence-corrected chi connectivity index (χ2v) is 8.49. The first-order valence-electron chi connectivity index (χ1n) is 11.0. The van der Waals surface area contributed by atoms with Crippen molar-refractivity contribution < 1.29 is 4.39 Å². The molecule has 4 rings (SSSR count). The molecule has 0 aliphatic carbocycles. The van der Waals surface area contributed by atoms with Gasteiger partial charge in [0.25, 0.3) is 0 Å². The lowest BCUT2D eigenvalue weighted by molar-refractivity contribution is 0.620. The molecule has 3 aromatic carbocycles. The van der Waals surface area contributed by atoms with Gasteiger partial charge in [0.1, 0.15) is 11.6 Å². The van der Waals surface area contributed by atoms with Crippen LogP contribution in [0.4, 0.5) is 4.39 Å². The largest absolute Gasteiger partial charge is 0.241 e. The molecule has 0 saturated heterocycles. The summed E-state index contributed by atoms with van der Waals surface area (Å²) < 4.78 is 15.1. The highest BCUT2D eigenvalue weighted by Gasteiger charge is 2.09. The smallest absolute Gasteiger partial charge is 0.134 e. The molecular weight excluding hydrogens is 419 g/mol. The minimum Gasteiger partial charge on any atom is -0.241 e. The van der Waals surface area contributed by atoms with Gasteiger partial charge >= 0.3 is 0 Å². The van der Waals surface area contributed by atoms with Gasteiger partial charge in [-0.1, -0.05) is 60.1 Å². The standard InChI is InChI=1S/C28H26ClFN2/c1-2-3-4-22-18-31-27(32-19-22)16-9-21-8-15-26-24(17-21)12-11-23(28(26)30)10-5-20-6-13-25(29)14-7-20/h2,6-8,11-15,17-19H,1,3-5,9-10,16H2. The van der Waals surface area contributed by atoms with E-state index in [1.807, 2.05) is 67.0 Å². The minimum atomic E-state index is -0.124. The van der Waals surface area contributed by atoms with Crippen LogP contribution in [0, 0.1) is 5.82 Å². The third kappa shape index (κ3) is 5.60. The van der Waals surface area contributed by atoms with Crippen LogP contribution >= 0.6 is 11.6 Å². The number of aryl methyl sites for hydroxylation is 5. The van der Waals surface area contributed by atoms with Crippen LogP contribution in [0.1, 0.15) is 34.5 Å². The number of hydrogen-bond donors (Lipinski definition) is 0. The fourth-order valence-electron chi connectivity index (χ4n) is 3.83. The van der Waals surface area contributed by atoms with Crippen molar-refractivity contribution in [3.05, 3.63) is 119 Å². The van der Waals surface area contributed by atoms with E-state index >= 15 is 4.39 Å². The van der Waals surface area contributed by atoms with Gasteiger partial charge in [-0.15, -0.1) is 6.58 Å². The fraction of sp³-hybridized carbons (Fsp3) is 0.214. The first-order valence-corrected chi connectivity index (χ1v) is 11.4. The van der Waals surface area contributed by atoms with Crippen LogP contribution in [0.2, 0.25) is 5.02 Å². The van der Waals surface area contributed by atoms with Crippen LogP contribution in [0.15, 0.2) is 79.6 Å². The Hall–Kier alpha value is -3.04. The first-order chi connectivity index (χ1) is 15.6. The number of benzene rings is 3. The Balaban J connectivity index is 1.41. The molecule has 0 amide bonds. The highest BCUT2D eigenvalue weighted by Crippen LogP contribution is 2.24. The lowest BCUT2D eigenvalue weighted by Gasteiger charge is -2.09. The average Bonchev–Trinajstić information content (AvgIpc) is 2.82. The van der Waals surface area contributed by atoms with Gasteiger partial charge < -0.3 is 0 Å². The molecule has 4 aromatic rings. The summed E-state index contributed by atoms with van der Waals surface area (Å²) in [5.41, 5.74) is 4.18.